The van der Waals surface area contributed by atoms with Gasteiger partial charge < -0.3 is 24.5 Å². The lowest BCUT2D eigenvalue weighted by molar-refractivity contribution is -0.138. The zero-order valence-electron chi connectivity index (χ0n) is 20.8. The van der Waals surface area contributed by atoms with Crippen molar-refractivity contribution in [1.82, 2.24) is 14.5 Å². The summed E-state index contributed by atoms with van der Waals surface area (Å²) in [5.74, 6) is 1.83. The fourth-order valence-corrected chi connectivity index (χ4v) is 4.85. The van der Waals surface area contributed by atoms with Crippen LogP contribution in [0.1, 0.15) is 35.4 Å². The molecule has 3 aromatic carbocycles. The number of alkyl halides is 3. The quantitative estimate of drug-likeness (QED) is 0.254. The lowest BCUT2D eigenvalue weighted by Crippen LogP contribution is -2.10. The van der Waals surface area contributed by atoms with E-state index in [0.717, 1.165) is 34.0 Å². The number of fused-ring (bicyclic) bond motifs is 3. The van der Waals surface area contributed by atoms with Gasteiger partial charge >= 0.3 is 6.18 Å². The predicted octanol–water partition coefficient (Wildman–Crippen LogP) is 6.98. The van der Waals surface area contributed by atoms with Gasteiger partial charge in [-0.25, -0.2) is 9.97 Å². The molecule has 0 fully saturated rings. The summed E-state index contributed by atoms with van der Waals surface area (Å²) in [4.78, 5) is 8.64. The van der Waals surface area contributed by atoms with Crippen LogP contribution in [-0.2, 0) is 24.1 Å². The van der Waals surface area contributed by atoms with Crippen LogP contribution in [0.5, 0.6) is 17.2 Å². The van der Waals surface area contributed by atoms with Gasteiger partial charge in [0.25, 0.3) is 0 Å². The minimum absolute atomic E-state index is 0.0572. The van der Waals surface area contributed by atoms with Crippen LogP contribution >= 0.6 is 0 Å². The molecule has 2 N–H and O–H groups in total. The Labute approximate surface area is 221 Å². The lowest BCUT2D eigenvalue weighted by atomic mass is 10.1. The molecule has 0 aliphatic carbocycles. The predicted molar refractivity (Wildman–Crippen MR) is 139 cm³/mol. The summed E-state index contributed by atoms with van der Waals surface area (Å²) < 4.78 is 59.4. The first-order valence-corrected chi connectivity index (χ1v) is 12.2. The summed E-state index contributed by atoms with van der Waals surface area (Å²) in [7, 11) is 0. The van der Waals surface area contributed by atoms with E-state index >= 15 is 0 Å². The Morgan fingerprint density at radius 2 is 1.74 bits per heavy atom. The third kappa shape index (κ3) is 4.63. The molecule has 1 aliphatic rings. The molecule has 2 aromatic heterocycles. The number of anilines is 1. The number of ether oxygens (including phenoxy) is 3. The smallest absolute Gasteiger partial charge is 0.416 e. The van der Waals surface area contributed by atoms with Gasteiger partial charge in [0.2, 0.25) is 0 Å². The highest BCUT2D eigenvalue weighted by Crippen LogP contribution is 2.41. The molecule has 0 bridgehead atoms. The molecule has 198 valence electrons. The molecule has 1 unspecified atom stereocenters. The summed E-state index contributed by atoms with van der Waals surface area (Å²) in [5, 5.41) is 0. The topological polar surface area (TPSA) is 84.4 Å². The van der Waals surface area contributed by atoms with Gasteiger partial charge in [-0.05, 0) is 49.4 Å². The minimum atomic E-state index is -4.45. The number of nitrogens with two attached hydrogens (primary N) is 1. The first-order chi connectivity index (χ1) is 18.8. The minimum Gasteiger partial charge on any atom is -0.489 e. The van der Waals surface area contributed by atoms with Crippen LogP contribution in [0.2, 0.25) is 0 Å². The van der Waals surface area contributed by atoms with E-state index in [0.29, 0.717) is 29.7 Å². The molecule has 3 heterocycles. The van der Waals surface area contributed by atoms with E-state index < -0.39 is 11.7 Å². The van der Waals surface area contributed by atoms with Crippen LogP contribution in [0, 0.1) is 0 Å². The van der Waals surface area contributed by atoms with Gasteiger partial charge in [0, 0.05) is 22.9 Å². The fourth-order valence-electron chi connectivity index (χ4n) is 4.85. The molecule has 7 nitrogen and oxygen atoms in total. The van der Waals surface area contributed by atoms with E-state index in [9.17, 15) is 13.2 Å². The van der Waals surface area contributed by atoms with Crippen molar-refractivity contribution in [3.63, 3.8) is 0 Å². The Hall–Kier alpha value is -4.57. The first-order valence-electron chi connectivity index (χ1n) is 12.2. The summed E-state index contributed by atoms with van der Waals surface area (Å²) >= 11 is 0. The van der Waals surface area contributed by atoms with Gasteiger partial charge in [0.15, 0.2) is 5.82 Å². The molecule has 0 saturated heterocycles. The zero-order chi connectivity index (χ0) is 27.1. The number of benzene rings is 3. The third-order valence-corrected chi connectivity index (χ3v) is 6.64. The molecule has 39 heavy (non-hydrogen) atoms. The lowest BCUT2D eigenvalue weighted by Gasteiger charge is -2.14. The number of rotatable bonds is 6. The number of hydrogen-bond donors (Lipinski definition) is 1. The highest BCUT2D eigenvalue weighted by Gasteiger charge is 2.33. The van der Waals surface area contributed by atoms with Crippen LogP contribution in [0.15, 0.2) is 79.1 Å². The Bertz CT molecular complexity index is 1670. The standard InChI is InChI=1S/C29H23F3N4O3/c1-17-25-24(15-37-17)36(27-26(25)34-16-35-28(27)33)19-9-11-20(12-10-19)39-22-7-4-6-21(13-22)38-14-18-5-2-3-8-23(18)29(30,31)32/h2-13,16-17H,14-15H2,1H3,(H2,33,34,35). The molecule has 6 rings (SSSR count). The van der Waals surface area contributed by atoms with Gasteiger partial charge in [-0.2, -0.15) is 13.2 Å². The van der Waals surface area contributed by atoms with Crippen LogP contribution in [0.25, 0.3) is 16.7 Å². The van der Waals surface area contributed by atoms with Crippen LogP contribution in [0.4, 0.5) is 19.0 Å². The molecular weight excluding hydrogens is 509 g/mol. The molecule has 1 atom stereocenters. The van der Waals surface area contributed by atoms with E-state index in [1.54, 1.807) is 30.3 Å². The molecule has 0 amide bonds. The Morgan fingerprint density at radius 1 is 0.974 bits per heavy atom. The largest absolute Gasteiger partial charge is 0.489 e. The Morgan fingerprint density at radius 3 is 2.54 bits per heavy atom. The van der Waals surface area contributed by atoms with Crippen LogP contribution in [-0.4, -0.2) is 14.5 Å². The summed E-state index contributed by atoms with van der Waals surface area (Å²) in [6, 6.07) is 19.6. The molecule has 0 saturated carbocycles. The molecular formula is C29H23F3N4O3. The monoisotopic (exact) mass is 532 g/mol. The average molecular weight is 533 g/mol. The van der Waals surface area contributed by atoms with Crippen LogP contribution in [0.3, 0.4) is 0 Å². The maximum Gasteiger partial charge on any atom is 0.416 e. The van der Waals surface area contributed by atoms with Gasteiger partial charge in [0.05, 0.1) is 24.0 Å². The zero-order valence-corrected chi connectivity index (χ0v) is 20.8. The molecule has 10 heteroatoms. The maximum absolute atomic E-state index is 13.3. The Balaban J connectivity index is 1.22. The van der Waals surface area contributed by atoms with Crippen molar-refractivity contribution >= 4 is 16.9 Å². The number of hydrogen-bond acceptors (Lipinski definition) is 6. The number of aromatic nitrogens is 3. The second kappa shape index (κ2) is 9.63. The van der Waals surface area contributed by atoms with Gasteiger partial charge in [-0.3, -0.25) is 0 Å². The summed E-state index contributed by atoms with van der Waals surface area (Å²) in [6.07, 6.45) is -3.09. The van der Waals surface area contributed by atoms with Crippen molar-refractivity contribution in [2.24, 2.45) is 0 Å². The second-order valence-electron chi connectivity index (χ2n) is 9.12. The normalized spacial score (nSPS) is 14.9. The number of nitrogens with zero attached hydrogens (tertiary/aromatic N) is 3. The second-order valence-corrected chi connectivity index (χ2v) is 9.12. The van der Waals surface area contributed by atoms with Gasteiger partial charge in [-0.15, -0.1) is 0 Å². The van der Waals surface area contributed by atoms with Crippen LogP contribution < -0.4 is 15.2 Å². The SMILES string of the molecule is CC1OCc2c1c1ncnc(N)c1n2-c1ccc(Oc2cccc(OCc3ccccc3C(F)(F)F)c2)cc1. The number of nitrogen functional groups attached to an aromatic ring is 1. The Kier molecular flexibility index (Phi) is 6.11. The van der Waals surface area contributed by atoms with Crippen molar-refractivity contribution in [3.8, 4) is 22.9 Å². The van der Waals surface area contributed by atoms with E-state index in [1.807, 2.05) is 35.8 Å². The maximum atomic E-state index is 13.3. The van der Waals surface area contributed by atoms with Crippen molar-refractivity contribution in [2.45, 2.75) is 32.4 Å². The summed E-state index contributed by atoms with van der Waals surface area (Å²) in [5.41, 5.74) is 9.94. The molecule has 5 aromatic rings. The van der Waals surface area contributed by atoms with Crippen molar-refractivity contribution in [1.29, 1.82) is 0 Å². The van der Waals surface area contributed by atoms with Crippen molar-refractivity contribution in [3.05, 3.63) is 102 Å². The molecule has 0 radical (unpaired) electrons. The van der Waals surface area contributed by atoms with Crippen molar-refractivity contribution < 1.29 is 27.4 Å². The van der Waals surface area contributed by atoms with E-state index in [4.69, 9.17) is 19.9 Å². The van der Waals surface area contributed by atoms with Gasteiger partial charge in [0.1, 0.15) is 41.2 Å². The highest BCUT2D eigenvalue weighted by molar-refractivity contribution is 5.91. The first kappa shape index (κ1) is 24.7. The molecule has 0 spiro atoms. The number of halogens is 3. The van der Waals surface area contributed by atoms with E-state index in [2.05, 4.69) is 9.97 Å². The third-order valence-electron chi connectivity index (χ3n) is 6.64. The highest BCUT2D eigenvalue weighted by atomic mass is 19.4. The summed E-state index contributed by atoms with van der Waals surface area (Å²) in [6.45, 7) is 2.20. The van der Waals surface area contributed by atoms with Crippen molar-refractivity contribution in [2.75, 3.05) is 5.73 Å². The van der Waals surface area contributed by atoms with E-state index in [1.165, 1.54) is 18.5 Å². The average Bonchev–Trinajstić information content (AvgIpc) is 3.46. The fraction of sp³-hybridized carbons (Fsp3) is 0.172. The van der Waals surface area contributed by atoms with E-state index in [-0.39, 0.29) is 18.3 Å². The molecule has 1 aliphatic heterocycles. The van der Waals surface area contributed by atoms with Gasteiger partial charge in [-0.1, -0.05) is 24.3 Å².